The van der Waals surface area contributed by atoms with Gasteiger partial charge in [-0.1, -0.05) is 49.9 Å². The van der Waals surface area contributed by atoms with Gasteiger partial charge < -0.3 is 5.11 Å². The topological polar surface area (TPSA) is 20.2 Å². The Labute approximate surface area is 111 Å². The van der Waals surface area contributed by atoms with E-state index in [4.69, 9.17) is 5.11 Å². The minimum atomic E-state index is 0.337. The number of aryl methyl sites for hydroxylation is 1. The van der Waals surface area contributed by atoms with E-state index < -0.39 is 0 Å². The van der Waals surface area contributed by atoms with Crippen LogP contribution in [0.25, 0.3) is 0 Å². The van der Waals surface area contributed by atoms with Gasteiger partial charge in [0.05, 0.1) is 0 Å². The Morgan fingerprint density at radius 3 is 2.44 bits per heavy atom. The molecule has 0 atom stereocenters. The SMILES string of the molecule is Cc1ccccc1C1(CCCCO)CCCCC1. The van der Waals surface area contributed by atoms with Crippen molar-refractivity contribution in [2.45, 2.75) is 63.7 Å². The highest BCUT2D eigenvalue weighted by molar-refractivity contribution is 5.33. The Hall–Kier alpha value is -0.820. The summed E-state index contributed by atoms with van der Waals surface area (Å²) in [6.07, 6.45) is 10.2. The Balaban J connectivity index is 2.21. The average Bonchev–Trinajstić information content (AvgIpc) is 2.40. The number of benzene rings is 1. The van der Waals surface area contributed by atoms with Crippen LogP contribution in [0.3, 0.4) is 0 Å². The molecule has 1 aliphatic rings. The molecule has 1 aromatic carbocycles. The first-order chi connectivity index (χ1) is 8.78. The lowest BCUT2D eigenvalue weighted by Gasteiger charge is -2.39. The van der Waals surface area contributed by atoms with Crippen LogP contribution in [-0.4, -0.2) is 11.7 Å². The second-order valence-corrected chi connectivity index (χ2v) is 5.84. The van der Waals surface area contributed by atoms with E-state index >= 15 is 0 Å². The number of hydrogen-bond donors (Lipinski definition) is 1. The quantitative estimate of drug-likeness (QED) is 0.765. The summed E-state index contributed by atoms with van der Waals surface area (Å²) >= 11 is 0. The minimum Gasteiger partial charge on any atom is -0.396 e. The Morgan fingerprint density at radius 1 is 1.06 bits per heavy atom. The number of unbranched alkanes of at least 4 members (excludes halogenated alkanes) is 1. The van der Waals surface area contributed by atoms with E-state index in [9.17, 15) is 0 Å². The van der Waals surface area contributed by atoms with E-state index in [2.05, 4.69) is 31.2 Å². The number of aliphatic hydroxyl groups excluding tert-OH is 1. The van der Waals surface area contributed by atoms with Crippen molar-refractivity contribution in [3.05, 3.63) is 35.4 Å². The Morgan fingerprint density at radius 2 is 1.78 bits per heavy atom. The van der Waals surface area contributed by atoms with E-state index in [0.29, 0.717) is 12.0 Å². The number of aliphatic hydroxyl groups is 1. The van der Waals surface area contributed by atoms with Crippen LogP contribution in [0, 0.1) is 6.92 Å². The molecule has 0 aromatic heterocycles. The zero-order valence-corrected chi connectivity index (χ0v) is 11.6. The molecule has 1 saturated carbocycles. The fraction of sp³-hybridized carbons (Fsp3) is 0.647. The van der Waals surface area contributed by atoms with Crippen LogP contribution in [0.5, 0.6) is 0 Å². The summed E-state index contributed by atoms with van der Waals surface area (Å²) < 4.78 is 0. The van der Waals surface area contributed by atoms with Gasteiger partial charge in [-0.05, 0) is 49.1 Å². The van der Waals surface area contributed by atoms with E-state index in [1.54, 1.807) is 5.56 Å². The van der Waals surface area contributed by atoms with Crippen LogP contribution >= 0.6 is 0 Å². The minimum absolute atomic E-state index is 0.337. The lowest BCUT2D eigenvalue weighted by atomic mass is 9.65. The molecule has 0 radical (unpaired) electrons. The van der Waals surface area contributed by atoms with Gasteiger partial charge in [-0.2, -0.15) is 0 Å². The molecule has 1 aromatic rings. The average molecular weight is 246 g/mol. The smallest absolute Gasteiger partial charge is 0.0431 e. The van der Waals surface area contributed by atoms with E-state index in [-0.39, 0.29) is 0 Å². The highest BCUT2D eigenvalue weighted by atomic mass is 16.2. The second kappa shape index (κ2) is 6.38. The van der Waals surface area contributed by atoms with Crippen molar-refractivity contribution < 1.29 is 5.11 Å². The predicted molar refractivity (Wildman–Crippen MR) is 76.9 cm³/mol. The van der Waals surface area contributed by atoms with Crippen molar-refractivity contribution in [1.29, 1.82) is 0 Å². The second-order valence-electron chi connectivity index (χ2n) is 5.84. The molecule has 0 aliphatic heterocycles. The molecule has 1 nitrogen and oxygen atoms in total. The third kappa shape index (κ3) is 2.95. The summed E-state index contributed by atoms with van der Waals surface area (Å²) in [6, 6.07) is 8.91. The summed E-state index contributed by atoms with van der Waals surface area (Å²) in [6.45, 7) is 2.58. The van der Waals surface area contributed by atoms with Crippen LogP contribution < -0.4 is 0 Å². The standard InChI is InChI=1S/C17H26O/c1-15-9-3-4-10-16(15)17(13-7-8-14-18)11-5-2-6-12-17/h3-4,9-10,18H,2,5-8,11-14H2,1H3. The van der Waals surface area contributed by atoms with Gasteiger partial charge in [0.15, 0.2) is 0 Å². The molecule has 2 rings (SSSR count). The molecule has 18 heavy (non-hydrogen) atoms. The summed E-state index contributed by atoms with van der Waals surface area (Å²) in [7, 11) is 0. The van der Waals surface area contributed by atoms with Gasteiger partial charge in [0, 0.05) is 6.61 Å². The maximum Gasteiger partial charge on any atom is 0.0431 e. The van der Waals surface area contributed by atoms with Crippen molar-refractivity contribution in [1.82, 2.24) is 0 Å². The van der Waals surface area contributed by atoms with Gasteiger partial charge >= 0.3 is 0 Å². The number of hydrogen-bond acceptors (Lipinski definition) is 1. The van der Waals surface area contributed by atoms with Crippen LogP contribution in [-0.2, 0) is 5.41 Å². The van der Waals surface area contributed by atoms with Gasteiger partial charge in [-0.25, -0.2) is 0 Å². The molecule has 1 aliphatic carbocycles. The van der Waals surface area contributed by atoms with Gasteiger partial charge in [-0.3, -0.25) is 0 Å². The molecule has 0 unspecified atom stereocenters. The van der Waals surface area contributed by atoms with Gasteiger partial charge in [-0.15, -0.1) is 0 Å². The fourth-order valence-corrected chi connectivity index (χ4v) is 3.63. The van der Waals surface area contributed by atoms with Crippen molar-refractivity contribution in [2.24, 2.45) is 0 Å². The van der Waals surface area contributed by atoms with E-state index in [0.717, 1.165) is 12.8 Å². The molecule has 0 amide bonds. The molecule has 1 fully saturated rings. The maximum atomic E-state index is 9.00. The summed E-state index contributed by atoms with van der Waals surface area (Å²) in [4.78, 5) is 0. The Bertz CT molecular complexity index is 364. The van der Waals surface area contributed by atoms with Crippen LogP contribution in [0.1, 0.15) is 62.5 Å². The molecule has 0 heterocycles. The first-order valence-corrected chi connectivity index (χ1v) is 7.45. The highest BCUT2D eigenvalue weighted by Gasteiger charge is 2.33. The Kier molecular flexibility index (Phi) is 4.82. The van der Waals surface area contributed by atoms with Crippen molar-refractivity contribution in [3.8, 4) is 0 Å². The first-order valence-electron chi connectivity index (χ1n) is 7.45. The molecule has 0 saturated heterocycles. The first kappa shape index (κ1) is 13.6. The van der Waals surface area contributed by atoms with Crippen molar-refractivity contribution in [3.63, 3.8) is 0 Å². The molecular formula is C17H26O. The highest BCUT2D eigenvalue weighted by Crippen LogP contribution is 2.44. The summed E-state index contributed by atoms with van der Waals surface area (Å²) in [5.74, 6) is 0. The van der Waals surface area contributed by atoms with Crippen LogP contribution in [0.2, 0.25) is 0 Å². The molecule has 1 N–H and O–H groups in total. The monoisotopic (exact) mass is 246 g/mol. The summed E-state index contributed by atoms with van der Waals surface area (Å²) in [5, 5.41) is 9.00. The third-order valence-corrected chi connectivity index (χ3v) is 4.59. The molecule has 0 bridgehead atoms. The summed E-state index contributed by atoms with van der Waals surface area (Å²) in [5.41, 5.74) is 3.42. The van der Waals surface area contributed by atoms with Crippen molar-refractivity contribution in [2.75, 3.05) is 6.61 Å². The van der Waals surface area contributed by atoms with E-state index in [1.807, 2.05) is 0 Å². The number of rotatable bonds is 5. The molecular weight excluding hydrogens is 220 g/mol. The fourth-order valence-electron chi connectivity index (χ4n) is 3.63. The van der Waals surface area contributed by atoms with E-state index in [1.165, 1.54) is 44.1 Å². The zero-order chi connectivity index (χ0) is 12.8. The van der Waals surface area contributed by atoms with Crippen LogP contribution in [0.4, 0.5) is 0 Å². The maximum absolute atomic E-state index is 9.00. The van der Waals surface area contributed by atoms with Gasteiger partial charge in [0.1, 0.15) is 0 Å². The van der Waals surface area contributed by atoms with Gasteiger partial charge in [0.2, 0.25) is 0 Å². The molecule has 0 spiro atoms. The largest absolute Gasteiger partial charge is 0.396 e. The van der Waals surface area contributed by atoms with Gasteiger partial charge in [0.25, 0.3) is 0 Å². The van der Waals surface area contributed by atoms with Crippen molar-refractivity contribution >= 4 is 0 Å². The normalized spacial score (nSPS) is 18.8. The molecule has 1 heteroatoms. The third-order valence-electron chi connectivity index (χ3n) is 4.59. The van der Waals surface area contributed by atoms with Crippen LogP contribution in [0.15, 0.2) is 24.3 Å². The molecule has 100 valence electrons. The predicted octanol–water partition coefficient (Wildman–Crippen LogP) is 4.36. The zero-order valence-electron chi connectivity index (χ0n) is 11.6. The lowest BCUT2D eigenvalue weighted by Crippen LogP contribution is -2.30. The lowest BCUT2D eigenvalue weighted by molar-refractivity contribution is 0.241.